The minimum Gasteiger partial charge on any atom is -0.493 e. The summed E-state index contributed by atoms with van der Waals surface area (Å²) in [5.41, 5.74) is 4.53. The lowest BCUT2D eigenvalue weighted by Crippen LogP contribution is -2.33. The van der Waals surface area contributed by atoms with Crippen molar-refractivity contribution in [2.24, 2.45) is 0 Å². The van der Waals surface area contributed by atoms with Crippen molar-refractivity contribution in [3.05, 3.63) is 82.9 Å². The molecule has 200 valence electrons. The first kappa shape index (κ1) is 27.0. The Hall–Kier alpha value is -4.00. The number of hydrogen-bond acceptors (Lipinski definition) is 5. The molecule has 1 atom stereocenters. The average Bonchev–Trinajstić information content (AvgIpc) is 2.95. The molecule has 0 saturated carbocycles. The van der Waals surface area contributed by atoms with Gasteiger partial charge < -0.3 is 24.8 Å². The summed E-state index contributed by atoms with van der Waals surface area (Å²) in [7, 11) is 3.19. The van der Waals surface area contributed by atoms with Crippen LogP contribution >= 0.6 is 0 Å². The van der Waals surface area contributed by atoms with Gasteiger partial charge in [-0.15, -0.1) is 0 Å². The number of para-hydroxylation sites is 1. The predicted molar refractivity (Wildman–Crippen MR) is 148 cm³/mol. The van der Waals surface area contributed by atoms with Gasteiger partial charge in [0.05, 0.1) is 25.5 Å². The molecule has 3 aromatic rings. The molecule has 2 N–H and O–H groups in total. The van der Waals surface area contributed by atoms with E-state index in [0.29, 0.717) is 47.9 Å². The molecule has 1 aliphatic carbocycles. The maximum atomic E-state index is 13.1. The molecule has 0 heterocycles. The second kappa shape index (κ2) is 13.0. The normalized spacial score (nSPS) is 13.1. The molecule has 0 radical (unpaired) electrons. The minimum absolute atomic E-state index is 0.259. The highest BCUT2D eigenvalue weighted by Gasteiger charge is 2.22. The lowest BCUT2D eigenvalue weighted by molar-refractivity contribution is -0.122. The second-order valence-corrected chi connectivity index (χ2v) is 9.38. The van der Waals surface area contributed by atoms with Crippen LogP contribution in [0.5, 0.6) is 17.2 Å². The van der Waals surface area contributed by atoms with Crippen LogP contribution in [-0.2, 0) is 24.1 Å². The SMILES string of the molecule is CC[C@@H](Oc1ccc2c(c1)CCCC2)C(=O)Nc1ccccc1C(=O)NCCc1ccc(OC)c(OC)c1. The Balaban J connectivity index is 1.37. The second-order valence-electron chi connectivity index (χ2n) is 9.38. The molecule has 7 nitrogen and oxygen atoms in total. The number of fused-ring (bicyclic) bond motifs is 1. The van der Waals surface area contributed by atoms with Crippen molar-refractivity contribution in [3.8, 4) is 17.2 Å². The van der Waals surface area contributed by atoms with E-state index in [9.17, 15) is 9.59 Å². The van der Waals surface area contributed by atoms with Crippen LogP contribution in [-0.4, -0.2) is 38.7 Å². The summed E-state index contributed by atoms with van der Waals surface area (Å²) in [5.74, 6) is 1.47. The molecule has 1 aliphatic rings. The van der Waals surface area contributed by atoms with Gasteiger partial charge in [-0.05, 0) is 91.6 Å². The number of carbonyl (C=O) groups excluding carboxylic acids is 2. The Bertz CT molecular complexity index is 1270. The van der Waals surface area contributed by atoms with Crippen LogP contribution in [0.4, 0.5) is 5.69 Å². The van der Waals surface area contributed by atoms with Gasteiger partial charge >= 0.3 is 0 Å². The van der Waals surface area contributed by atoms with E-state index in [1.807, 2.05) is 31.2 Å². The first-order valence-corrected chi connectivity index (χ1v) is 13.2. The lowest BCUT2D eigenvalue weighted by atomic mass is 9.92. The molecule has 4 rings (SSSR count). The summed E-state index contributed by atoms with van der Waals surface area (Å²) in [6.45, 7) is 2.34. The Kier molecular flexibility index (Phi) is 9.25. The Morgan fingerprint density at radius 2 is 1.66 bits per heavy atom. The smallest absolute Gasteiger partial charge is 0.265 e. The fourth-order valence-corrected chi connectivity index (χ4v) is 4.72. The number of nitrogens with one attached hydrogen (secondary N) is 2. The van der Waals surface area contributed by atoms with Gasteiger partial charge in [0, 0.05) is 6.54 Å². The van der Waals surface area contributed by atoms with Gasteiger partial charge in [0.1, 0.15) is 5.75 Å². The van der Waals surface area contributed by atoms with Crippen LogP contribution in [0.15, 0.2) is 60.7 Å². The number of benzene rings is 3. The van der Waals surface area contributed by atoms with Crippen molar-refractivity contribution < 1.29 is 23.8 Å². The van der Waals surface area contributed by atoms with E-state index in [1.165, 1.54) is 24.0 Å². The quantitative estimate of drug-likeness (QED) is 0.359. The minimum atomic E-state index is -0.669. The molecule has 0 aromatic heterocycles. The molecule has 7 heteroatoms. The molecule has 0 bridgehead atoms. The van der Waals surface area contributed by atoms with E-state index >= 15 is 0 Å². The van der Waals surface area contributed by atoms with Crippen LogP contribution in [0.1, 0.15) is 53.2 Å². The highest BCUT2D eigenvalue weighted by molar-refractivity contribution is 6.04. The van der Waals surface area contributed by atoms with Crippen molar-refractivity contribution >= 4 is 17.5 Å². The Labute approximate surface area is 224 Å². The van der Waals surface area contributed by atoms with Crippen molar-refractivity contribution in [2.45, 2.75) is 51.6 Å². The largest absolute Gasteiger partial charge is 0.493 e. The third-order valence-electron chi connectivity index (χ3n) is 6.84. The molecule has 0 saturated heterocycles. The topological polar surface area (TPSA) is 85.9 Å². The first-order valence-electron chi connectivity index (χ1n) is 13.2. The summed E-state index contributed by atoms with van der Waals surface area (Å²) in [6, 6.07) is 18.8. The van der Waals surface area contributed by atoms with Crippen molar-refractivity contribution in [2.75, 3.05) is 26.1 Å². The molecular weight excluding hydrogens is 480 g/mol. The van der Waals surface area contributed by atoms with Crippen LogP contribution in [0.25, 0.3) is 0 Å². The van der Waals surface area contributed by atoms with E-state index in [4.69, 9.17) is 14.2 Å². The van der Waals surface area contributed by atoms with Crippen LogP contribution in [0.2, 0.25) is 0 Å². The van der Waals surface area contributed by atoms with Gasteiger partial charge in [-0.25, -0.2) is 0 Å². The number of ether oxygens (including phenoxy) is 3. The maximum Gasteiger partial charge on any atom is 0.265 e. The van der Waals surface area contributed by atoms with Crippen LogP contribution < -0.4 is 24.8 Å². The summed E-state index contributed by atoms with van der Waals surface area (Å²) in [4.78, 5) is 26.1. The van der Waals surface area contributed by atoms with E-state index < -0.39 is 6.10 Å². The standard InChI is InChI=1S/C31H36N2O5/c1-4-27(38-24-15-14-22-9-5-6-10-23(22)20-24)31(35)33-26-12-8-7-11-25(26)30(34)32-18-17-21-13-16-28(36-2)29(19-21)37-3/h7-8,11-16,19-20,27H,4-6,9-10,17-18H2,1-3H3,(H,32,34)(H,33,35)/t27-/m1/s1. The number of anilines is 1. The van der Waals surface area contributed by atoms with Crippen molar-refractivity contribution in [1.29, 1.82) is 0 Å². The Morgan fingerprint density at radius 3 is 2.42 bits per heavy atom. The van der Waals surface area contributed by atoms with Gasteiger partial charge in [-0.2, -0.15) is 0 Å². The summed E-state index contributed by atoms with van der Waals surface area (Å²) >= 11 is 0. The zero-order valence-corrected chi connectivity index (χ0v) is 22.3. The van der Waals surface area contributed by atoms with Gasteiger partial charge in [0.2, 0.25) is 0 Å². The fourth-order valence-electron chi connectivity index (χ4n) is 4.72. The van der Waals surface area contributed by atoms with E-state index in [1.54, 1.807) is 38.5 Å². The zero-order valence-electron chi connectivity index (χ0n) is 22.3. The van der Waals surface area contributed by atoms with Crippen LogP contribution in [0, 0.1) is 0 Å². The summed E-state index contributed by atoms with van der Waals surface area (Å²) in [6.07, 6.45) is 5.00. The molecule has 0 fully saturated rings. The van der Waals surface area contributed by atoms with Gasteiger partial charge in [-0.3, -0.25) is 9.59 Å². The first-order chi connectivity index (χ1) is 18.5. The third-order valence-corrected chi connectivity index (χ3v) is 6.84. The molecule has 0 spiro atoms. The highest BCUT2D eigenvalue weighted by atomic mass is 16.5. The number of hydrogen-bond donors (Lipinski definition) is 2. The predicted octanol–water partition coefficient (Wildman–Crippen LogP) is 5.35. The number of carbonyl (C=O) groups is 2. The average molecular weight is 517 g/mol. The lowest BCUT2D eigenvalue weighted by Gasteiger charge is -2.21. The number of methoxy groups -OCH3 is 2. The molecule has 0 unspecified atom stereocenters. The highest BCUT2D eigenvalue weighted by Crippen LogP contribution is 2.28. The van der Waals surface area contributed by atoms with E-state index in [-0.39, 0.29) is 11.8 Å². The van der Waals surface area contributed by atoms with Gasteiger partial charge in [0.15, 0.2) is 17.6 Å². The van der Waals surface area contributed by atoms with Crippen molar-refractivity contribution in [1.82, 2.24) is 5.32 Å². The number of amides is 2. The third kappa shape index (κ3) is 6.65. The molecule has 3 aromatic carbocycles. The molecule has 0 aliphatic heterocycles. The van der Waals surface area contributed by atoms with Crippen molar-refractivity contribution in [3.63, 3.8) is 0 Å². The van der Waals surface area contributed by atoms with E-state index in [0.717, 1.165) is 18.4 Å². The molecule has 38 heavy (non-hydrogen) atoms. The monoisotopic (exact) mass is 516 g/mol. The maximum absolute atomic E-state index is 13.1. The van der Waals surface area contributed by atoms with Gasteiger partial charge in [-0.1, -0.05) is 31.2 Å². The summed E-state index contributed by atoms with van der Waals surface area (Å²) < 4.78 is 16.7. The fraction of sp³-hybridized carbons (Fsp3) is 0.355. The molecule has 2 amide bonds. The van der Waals surface area contributed by atoms with Gasteiger partial charge in [0.25, 0.3) is 11.8 Å². The van der Waals surface area contributed by atoms with E-state index in [2.05, 4.69) is 22.8 Å². The van der Waals surface area contributed by atoms with Crippen LogP contribution in [0.3, 0.4) is 0 Å². The Morgan fingerprint density at radius 1 is 0.895 bits per heavy atom. The summed E-state index contributed by atoms with van der Waals surface area (Å²) in [5, 5.41) is 5.85. The zero-order chi connectivity index (χ0) is 26.9. The molecular formula is C31H36N2O5. The number of rotatable bonds is 11. The number of aryl methyl sites for hydroxylation is 2.